The van der Waals surface area contributed by atoms with Crippen molar-refractivity contribution >= 4 is 39.3 Å². The molecule has 1 aliphatic rings. The SMILES string of the molecule is CCn1c2ccccc2c2cc(NC(=O)CN3CCC(C(N)=O)CC3)ccc21. The fourth-order valence-electron chi connectivity index (χ4n) is 4.25. The number of anilines is 1. The number of amides is 2. The topological polar surface area (TPSA) is 80.4 Å². The van der Waals surface area contributed by atoms with Crippen LogP contribution in [-0.4, -0.2) is 40.9 Å². The van der Waals surface area contributed by atoms with Gasteiger partial charge in [-0.1, -0.05) is 18.2 Å². The van der Waals surface area contributed by atoms with Crippen molar-refractivity contribution in [2.75, 3.05) is 25.0 Å². The van der Waals surface area contributed by atoms with Crippen molar-refractivity contribution in [2.24, 2.45) is 11.7 Å². The minimum Gasteiger partial charge on any atom is -0.369 e. The molecule has 1 fully saturated rings. The molecule has 6 heteroatoms. The summed E-state index contributed by atoms with van der Waals surface area (Å²) >= 11 is 0. The van der Waals surface area contributed by atoms with E-state index in [1.165, 1.54) is 16.4 Å². The van der Waals surface area contributed by atoms with E-state index in [-0.39, 0.29) is 17.7 Å². The predicted octanol–water partition coefficient (Wildman–Crippen LogP) is 2.95. The number of nitrogens with two attached hydrogens (primary N) is 1. The van der Waals surface area contributed by atoms with Crippen LogP contribution in [0.15, 0.2) is 42.5 Å². The van der Waals surface area contributed by atoms with E-state index in [9.17, 15) is 9.59 Å². The lowest BCUT2D eigenvalue weighted by atomic mass is 9.96. The van der Waals surface area contributed by atoms with Crippen molar-refractivity contribution in [3.8, 4) is 0 Å². The van der Waals surface area contributed by atoms with Gasteiger partial charge in [0.05, 0.1) is 6.54 Å². The molecule has 1 aliphatic heterocycles. The lowest BCUT2D eigenvalue weighted by Crippen LogP contribution is -2.42. The number of likely N-dealkylation sites (tertiary alicyclic amines) is 1. The van der Waals surface area contributed by atoms with Crippen molar-refractivity contribution in [1.82, 2.24) is 9.47 Å². The first kappa shape index (κ1) is 18.5. The Labute approximate surface area is 164 Å². The number of hydrogen-bond donors (Lipinski definition) is 2. The van der Waals surface area contributed by atoms with Crippen molar-refractivity contribution in [3.05, 3.63) is 42.5 Å². The second kappa shape index (κ2) is 7.64. The van der Waals surface area contributed by atoms with Crippen LogP contribution in [0.1, 0.15) is 19.8 Å². The summed E-state index contributed by atoms with van der Waals surface area (Å²) in [7, 11) is 0. The van der Waals surface area contributed by atoms with Gasteiger partial charge in [0.2, 0.25) is 11.8 Å². The molecular weight excluding hydrogens is 352 g/mol. The second-order valence-corrected chi connectivity index (χ2v) is 7.49. The molecule has 0 aliphatic carbocycles. The van der Waals surface area contributed by atoms with Crippen LogP contribution in [0.3, 0.4) is 0 Å². The Bertz CT molecular complexity index is 1030. The van der Waals surface area contributed by atoms with Crippen molar-refractivity contribution < 1.29 is 9.59 Å². The van der Waals surface area contributed by atoms with E-state index in [4.69, 9.17) is 5.73 Å². The molecule has 0 spiro atoms. The fourth-order valence-corrected chi connectivity index (χ4v) is 4.25. The average molecular weight is 378 g/mol. The summed E-state index contributed by atoms with van der Waals surface area (Å²) in [5, 5.41) is 5.37. The molecule has 3 N–H and O–H groups in total. The van der Waals surface area contributed by atoms with Gasteiger partial charge in [0.15, 0.2) is 0 Å². The van der Waals surface area contributed by atoms with Crippen molar-refractivity contribution in [2.45, 2.75) is 26.3 Å². The van der Waals surface area contributed by atoms with E-state index >= 15 is 0 Å². The zero-order valence-electron chi connectivity index (χ0n) is 16.1. The molecule has 0 bridgehead atoms. The molecule has 1 aromatic heterocycles. The summed E-state index contributed by atoms with van der Waals surface area (Å²) in [6.45, 7) is 4.83. The minimum atomic E-state index is -0.233. The number of primary amides is 1. The van der Waals surface area contributed by atoms with Gasteiger partial charge in [0.1, 0.15) is 0 Å². The first-order chi connectivity index (χ1) is 13.6. The molecule has 6 nitrogen and oxygen atoms in total. The van der Waals surface area contributed by atoms with Gasteiger partial charge in [0, 0.05) is 40.0 Å². The minimum absolute atomic E-state index is 0.0314. The van der Waals surface area contributed by atoms with E-state index in [0.29, 0.717) is 6.54 Å². The number of fused-ring (bicyclic) bond motifs is 3. The van der Waals surface area contributed by atoms with Crippen LogP contribution in [0.4, 0.5) is 5.69 Å². The molecule has 1 saturated heterocycles. The highest BCUT2D eigenvalue weighted by Gasteiger charge is 2.24. The second-order valence-electron chi connectivity index (χ2n) is 7.49. The molecule has 4 rings (SSSR count). The number of aryl methyl sites for hydroxylation is 1. The maximum atomic E-state index is 12.5. The maximum Gasteiger partial charge on any atom is 0.238 e. The van der Waals surface area contributed by atoms with Crippen LogP contribution in [0, 0.1) is 5.92 Å². The molecule has 0 atom stereocenters. The summed E-state index contributed by atoms with van der Waals surface area (Å²) in [6.07, 6.45) is 1.45. The van der Waals surface area contributed by atoms with Crippen LogP contribution in [0.25, 0.3) is 21.8 Å². The van der Waals surface area contributed by atoms with E-state index in [1.54, 1.807) is 0 Å². The van der Waals surface area contributed by atoms with Crippen LogP contribution >= 0.6 is 0 Å². The highest BCUT2D eigenvalue weighted by molar-refractivity contribution is 6.09. The molecule has 0 unspecified atom stereocenters. The highest BCUT2D eigenvalue weighted by atomic mass is 16.2. The summed E-state index contributed by atoms with van der Waals surface area (Å²) < 4.78 is 2.29. The third-order valence-corrected chi connectivity index (χ3v) is 5.73. The van der Waals surface area contributed by atoms with Crippen LogP contribution in [-0.2, 0) is 16.1 Å². The average Bonchev–Trinajstić information content (AvgIpc) is 3.01. The zero-order chi connectivity index (χ0) is 19.7. The third kappa shape index (κ3) is 3.47. The van der Waals surface area contributed by atoms with Crippen molar-refractivity contribution in [1.29, 1.82) is 0 Å². The van der Waals surface area contributed by atoms with Crippen molar-refractivity contribution in [3.63, 3.8) is 0 Å². The molecule has 2 heterocycles. The molecule has 146 valence electrons. The highest BCUT2D eigenvalue weighted by Crippen LogP contribution is 2.31. The summed E-state index contributed by atoms with van der Waals surface area (Å²) in [4.78, 5) is 25.9. The summed E-state index contributed by atoms with van der Waals surface area (Å²) in [5.41, 5.74) is 8.57. The number of piperidine rings is 1. The number of hydrogen-bond acceptors (Lipinski definition) is 3. The largest absolute Gasteiger partial charge is 0.369 e. The van der Waals surface area contributed by atoms with Gasteiger partial charge in [0.25, 0.3) is 0 Å². The number of rotatable bonds is 5. The molecule has 3 aromatic rings. The lowest BCUT2D eigenvalue weighted by Gasteiger charge is -2.29. The van der Waals surface area contributed by atoms with Gasteiger partial charge >= 0.3 is 0 Å². The van der Waals surface area contributed by atoms with E-state index in [2.05, 4.69) is 52.0 Å². The van der Waals surface area contributed by atoms with Gasteiger partial charge in [-0.15, -0.1) is 0 Å². The number of nitrogens with one attached hydrogen (secondary N) is 1. The molecule has 2 aromatic carbocycles. The van der Waals surface area contributed by atoms with E-state index < -0.39 is 0 Å². The number of para-hydroxylation sites is 1. The third-order valence-electron chi connectivity index (χ3n) is 5.73. The van der Waals surface area contributed by atoms with Gasteiger partial charge in [-0.3, -0.25) is 14.5 Å². The van der Waals surface area contributed by atoms with Crippen LogP contribution < -0.4 is 11.1 Å². The Kier molecular flexibility index (Phi) is 5.05. The van der Waals surface area contributed by atoms with Gasteiger partial charge in [-0.05, 0) is 57.1 Å². The normalized spacial score (nSPS) is 15.9. The smallest absolute Gasteiger partial charge is 0.238 e. The summed E-state index contributed by atoms with van der Waals surface area (Å²) in [5.74, 6) is -0.322. The quantitative estimate of drug-likeness (QED) is 0.716. The van der Waals surface area contributed by atoms with E-state index in [1.807, 2.05) is 12.1 Å². The van der Waals surface area contributed by atoms with Gasteiger partial charge in [-0.25, -0.2) is 0 Å². The summed E-state index contributed by atoms with van der Waals surface area (Å²) in [6, 6.07) is 14.4. The number of carbonyl (C=O) groups is 2. The standard InChI is InChI=1S/C22H26N4O2/c1-2-26-19-6-4-3-5-17(19)18-13-16(7-8-20(18)26)24-21(27)14-25-11-9-15(10-12-25)22(23)28/h3-8,13,15H,2,9-12,14H2,1H3,(H2,23,28)(H,24,27). The molecular formula is C22H26N4O2. The monoisotopic (exact) mass is 378 g/mol. The maximum absolute atomic E-state index is 12.5. The number of nitrogens with zero attached hydrogens (tertiary/aromatic N) is 2. The molecule has 0 radical (unpaired) electrons. The number of aromatic nitrogens is 1. The molecule has 0 saturated carbocycles. The molecule has 2 amide bonds. The van der Waals surface area contributed by atoms with Crippen LogP contribution in [0.5, 0.6) is 0 Å². The lowest BCUT2D eigenvalue weighted by molar-refractivity contribution is -0.123. The Balaban J connectivity index is 1.48. The Hall–Kier alpha value is -2.86. The Morgan fingerprint density at radius 3 is 2.50 bits per heavy atom. The first-order valence-electron chi connectivity index (χ1n) is 9.89. The zero-order valence-corrected chi connectivity index (χ0v) is 16.1. The Morgan fingerprint density at radius 1 is 1.07 bits per heavy atom. The Morgan fingerprint density at radius 2 is 1.79 bits per heavy atom. The van der Waals surface area contributed by atoms with E-state index in [0.717, 1.165) is 43.5 Å². The number of benzene rings is 2. The number of carbonyl (C=O) groups excluding carboxylic acids is 2. The molecule has 28 heavy (non-hydrogen) atoms. The van der Waals surface area contributed by atoms with Gasteiger partial charge in [-0.2, -0.15) is 0 Å². The van der Waals surface area contributed by atoms with Crippen LogP contribution in [0.2, 0.25) is 0 Å². The first-order valence-corrected chi connectivity index (χ1v) is 9.89. The van der Waals surface area contributed by atoms with Gasteiger partial charge < -0.3 is 15.6 Å². The fraction of sp³-hybridized carbons (Fsp3) is 0.364. The predicted molar refractivity (Wildman–Crippen MR) is 112 cm³/mol.